The van der Waals surface area contributed by atoms with Crippen LogP contribution >= 0.6 is 0 Å². The monoisotopic (exact) mass is 441 g/mol. The average molecular weight is 442 g/mol. The lowest BCUT2D eigenvalue weighted by Gasteiger charge is -2.42. The Balaban J connectivity index is 1.68. The Morgan fingerprint density at radius 3 is 2.64 bits per heavy atom. The number of hydrogen-bond donors (Lipinski definition) is 1. The van der Waals surface area contributed by atoms with Gasteiger partial charge in [-0.1, -0.05) is 54.6 Å². The van der Waals surface area contributed by atoms with Gasteiger partial charge in [0.1, 0.15) is 0 Å². The van der Waals surface area contributed by atoms with Gasteiger partial charge in [-0.15, -0.1) is 6.58 Å². The van der Waals surface area contributed by atoms with Crippen molar-refractivity contribution in [3.05, 3.63) is 103 Å². The number of hydrogen-bond acceptors (Lipinski definition) is 4. The van der Waals surface area contributed by atoms with Crippen LogP contribution in [0.2, 0.25) is 0 Å². The summed E-state index contributed by atoms with van der Waals surface area (Å²) in [6, 6.07) is 20.9. The van der Waals surface area contributed by atoms with Gasteiger partial charge in [0.15, 0.2) is 5.60 Å². The summed E-state index contributed by atoms with van der Waals surface area (Å²) in [6.07, 6.45) is 5.48. The minimum Gasteiger partial charge on any atom is -0.361 e. The Labute approximate surface area is 193 Å². The predicted molar refractivity (Wildman–Crippen MR) is 128 cm³/mol. The maximum atomic E-state index is 13.4. The topological polar surface area (TPSA) is 71.5 Å². The summed E-state index contributed by atoms with van der Waals surface area (Å²) in [6.45, 7) is 4.87. The van der Waals surface area contributed by atoms with E-state index in [1.54, 1.807) is 35.5 Å². The van der Waals surface area contributed by atoms with Crippen molar-refractivity contribution in [2.24, 2.45) is 0 Å². The highest BCUT2D eigenvalue weighted by Crippen LogP contribution is 2.30. The smallest absolute Gasteiger partial charge is 0.254 e. The first kappa shape index (κ1) is 22.4. The van der Waals surface area contributed by atoms with E-state index < -0.39 is 5.60 Å². The number of ether oxygens (including phenoxy) is 1. The van der Waals surface area contributed by atoms with E-state index in [1.165, 1.54) is 0 Å². The van der Waals surface area contributed by atoms with Gasteiger partial charge in [0.05, 0.1) is 13.2 Å². The number of aromatic nitrogens is 1. The summed E-state index contributed by atoms with van der Waals surface area (Å²) in [5, 5.41) is 2.89. The fourth-order valence-corrected chi connectivity index (χ4v) is 4.16. The molecule has 168 valence electrons. The molecule has 6 heteroatoms. The number of benzene rings is 2. The quantitative estimate of drug-likeness (QED) is 0.570. The first-order chi connectivity index (χ1) is 16.1. The number of nitrogens with one attached hydrogen (secondary N) is 1. The fourth-order valence-electron chi connectivity index (χ4n) is 4.16. The minimum atomic E-state index is -1.22. The van der Waals surface area contributed by atoms with Crippen LogP contribution in [-0.4, -0.2) is 53.5 Å². The molecular weight excluding hydrogens is 414 g/mol. The molecule has 1 N–H and O–H groups in total. The van der Waals surface area contributed by atoms with E-state index in [0.717, 1.165) is 16.7 Å². The van der Waals surface area contributed by atoms with Crippen LogP contribution in [-0.2, 0) is 16.0 Å². The number of nitrogens with zero attached hydrogens (tertiary/aromatic N) is 2. The van der Waals surface area contributed by atoms with Gasteiger partial charge in [-0.05, 0) is 29.3 Å². The van der Waals surface area contributed by atoms with E-state index in [-0.39, 0.29) is 25.0 Å². The van der Waals surface area contributed by atoms with Gasteiger partial charge in [0.2, 0.25) is 0 Å². The average Bonchev–Trinajstić information content (AvgIpc) is 2.88. The van der Waals surface area contributed by atoms with Crippen molar-refractivity contribution in [2.45, 2.75) is 12.0 Å². The lowest BCUT2D eigenvalue weighted by molar-refractivity contribution is -0.157. The molecule has 1 aromatic heterocycles. The minimum absolute atomic E-state index is 0.111. The van der Waals surface area contributed by atoms with E-state index in [0.29, 0.717) is 25.1 Å². The first-order valence-corrected chi connectivity index (χ1v) is 11.0. The van der Waals surface area contributed by atoms with E-state index >= 15 is 0 Å². The largest absolute Gasteiger partial charge is 0.361 e. The van der Waals surface area contributed by atoms with Gasteiger partial charge in [0, 0.05) is 43.0 Å². The van der Waals surface area contributed by atoms with Gasteiger partial charge in [-0.25, -0.2) is 0 Å². The predicted octanol–water partition coefficient (Wildman–Crippen LogP) is 3.50. The molecule has 0 aliphatic carbocycles. The van der Waals surface area contributed by atoms with Crippen LogP contribution in [0.3, 0.4) is 0 Å². The van der Waals surface area contributed by atoms with Crippen LogP contribution in [0.1, 0.15) is 15.9 Å². The van der Waals surface area contributed by atoms with Gasteiger partial charge in [-0.2, -0.15) is 0 Å². The molecule has 6 nitrogen and oxygen atoms in total. The zero-order valence-corrected chi connectivity index (χ0v) is 18.4. The van der Waals surface area contributed by atoms with Crippen molar-refractivity contribution in [3.8, 4) is 11.1 Å². The zero-order chi connectivity index (χ0) is 23.1. The molecule has 1 saturated heterocycles. The van der Waals surface area contributed by atoms with Crippen LogP contribution in [0.25, 0.3) is 11.1 Å². The molecule has 1 aliphatic rings. The Morgan fingerprint density at radius 2 is 1.88 bits per heavy atom. The lowest BCUT2D eigenvalue weighted by Crippen LogP contribution is -2.62. The van der Waals surface area contributed by atoms with E-state index in [2.05, 4.69) is 16.9 Å². The van der Waals surface area contributed by atoms with Gasteiger partial charge in [-0.3, -0.25) is 14.6 Å². The SMILES string of the molecule is C=CCNC(=O)[C@@]1(Cc2ccccc2-c2cccnc2)CN(C(=O)c2ccccc2)CCO1. The van der Waals surface area contributed by atoms with E-state index in [9.17, 15) is 9.59 Å². The Hall–Kier alpha value is -3.77. The number of morpholine rings is 1. The van der Waals surface area contributed by atoms with Crippen LogP contribution in [0.4, 0.5) is 0 Å². The third kappa shape index (κ3) is 5.02. The molecule has 4 rings (SSSR count). The van der Waals surface area contributed by atoms with Gasteiger partial charge in [0.25, 0.3) is 11.8 Å². The Morgan fingerprint density at radius 1 is 1.09 bits per heavy atom. The molecule has 1 fully saturated rings. The molecule has 1 aliphatic heterocycles. The summed E-state index contributed by atoms with van der Waals surface area (Å²) < 4.78 is 6.18. The zero-order valence-electron chi connectivity index (χ0n) is 18.4. The summed E-state index contributed by atoms with van der Waals surface area (Å²) in [5.74, 6) is -0.366. The van der Waals surface area contributed by atoms with Crippen LogP contribution in [0, 0.1) is 0 Å². The Kier molecular flexibility index (Phi) is 6.95. The molecule has 2 aromatic carbocycles. The van der Waals surface area contributed by atoms with Crippen molar-refractivity contribution in [1.82, 2.24) is 15.2 Å². The lowest BCUT2D eigenvalue weighted by atomic mass is 9.87. The summed E-state index contributed by atoms with van der Waals surface area (Å²) in [7, 11) is 0. The van der Waals surface area contributed by atoms with Crippen molar-refractivity contribution in [3.63, 3.8) is 0 Å². The summed E-state index contributed by atoms with van der Waals surface area (Å²) in [5.41, 5.74) is 2.27. The molecular formula is C27H27N3O3. The molecule has 2 amide bonds. The fraction of sp³-hybridized carbons (Fsp3) is 0.222. The maximum Gasteiger partial charge on any atom is 0.254 e. The van der Waals surface area contributed by atoms with Crippen LogP contribution < -0.4 is 5.32 Å². The highest BCUT2D eigenvalue weighted by atomic mass is 16.5. The van der Waals surface area contributed by atoms with Crippen LogP contribution in [0.5, 0.6) is 0 Å². The molecule has 0 radical (unpaired) electrons. The first-order valence-electron chi connectivity index (χ1n) is 11.0. The number of amides is 2. The second kappa shape index (κ2) is 10.2. The molecule has 0 saturated carbocycles. The Bertz CT molecular complexity index is 1120. The molecule has 33 heavy (non-hydrogen) atoms. The van der Waals surface area contributed by atoms with Crippen molar-refractivity contribution < 1.29 is 14.3 Å². The molecule has 2 heterocycles. The summed E-state index contributed by atoms with van der Waals surface area (Å²) in [4.78, 5) is 32.5. The second-order valence-corrected chi connectivity index (χ2v) is 8.01. The number of carbonyl (C=O) groups excluding carboxylic acids is 2. The maximum absolute atomic E-state index is 13.4. The standard InChI is InChI=1S/C27H27N3O3/c1-2-14-29-26(32)27(18-22-11-6-7-13-24(22)23-12-8-15-28-19-23)20-30(16-17-33-27)25(31)21-9-4-3-5-10-21/h2-13,15,19H,1,14,16-18,20H2,(H,29,32)/t27-/m1/s1. The number of carbonyl (C=O) groups is 2. The van der Waals surface area contributed by atoms with E-state index in [1.807, 2.05) is 54.6 Å². The third-order valence-electron chi connectivity index (χ3n) is 5.78. The molecule has 0 bridgehead atoms. The molecule has 1 atom stereocenters. The normalized spacial score (nSPS) is 17.9. The van der Waals surface area contributed by atoms with E-state index in [4.69, 9.17) is 4.74 Å². The summed E-state index contributed by atoms with van der Waals surface area (Å²) >= 11 is 0. The third-order valence-corrected chi connectivity index (χ3v) is 5.78. The van der Waals surface area contributed by atoms with Gasteiger partial charge < -0.3 is 15.0 Å². The number of pyridine rings is 1. The van der Waals surface area contributed by atoms with Crippen molar-refractivity contribution >= 4 is 11.8 Å². The molecule has 0 spiro atoms. The second-order valence-electron chi connectivity index (χ2n) is 8.01. The highest BCUT2D eigenvalue weighted by Gasteiger charge is 2.45. The van der Waals surface area contributed by atoms with Crippen molar-refractivity contribution in [2.75, 3.05) is 26.2 Å². The van der Waals surface area contributed by atoms with Gasteiger partial charge >= 0.3 is 0 Å². The van der Waals surface area contributed by atoms with Crippen molar-refractivity contribution in [1.29, 1.82) is 0 Å². The van der Waals surface area contributed by atoms with Crippen LogP contribution in [0.15, 0.2) is 91.8 Å². The highest BCUT2D eigenvalue weighted by molar-refractivity contribution is 5.95. The number of rotatable bonds is 7. The molecule has 0 unspecified atom stereocenters. The molecule has 3 aromatic rings.